The second kappa shape index (κ2) is 30.8. The standard InChI is InChI=1S/C10H14O5.3C3H7O.Zr/c1-6(2)10(14)15-5-4-8(7(3)11)9(12)13;3*1-2-3-4;/h8H,1,4-5H2,2-3H3,(H,12,13);3*2-3H2,1H3;/q;3*-1;+4/p-1. The van der Waals surface area contributed by atoms with E-state index in [1.54, 1.807) is 0 Å². The minimum absolute atomic E-state index is 0. The predicted octanol–water partition coefficient (Wildman–Crippen LogP) is -1.28. The fraction of sp³-hybridized carbons (Fsp3) is 0.737. The van der Waals surface area contributed by atoms with E-state index in [0.29, 0.717) is 0 Å². The Hall–Kier alpha value is -0.887. The molecular formula is C19H34O8Zr. The first kappa shape index (κ1) is 37.8. The molecule has 0 aromatic heterocycles. The molecule has 0 heterocycles. The number of esters is 1. The fourth-order valence-electron chi connectivity index (χ4n) is 0.880. The topological polar surface area (TPSA) is 153 Å². The number of carbonyl (C=O) groups is 3. The Balaban J connectivity index is -0.000000111. The molecule has 0 aliphatic heterocycles. The predicted molar refractivity (Wildman–Crippen MR) is 95.0 cm³/mol. The molecule has 0 fully saturated rings. The summed E-state index contributed by atoms with van der Waals surface area (Å²) in [6, 6.07) is 0. The minimum atomic E-state index is -1.45. The van der Waals surface area contributed by atoms with E-state index < -0.39 is 23.6 Å². The van der Waals surface area contributed by atoms with Gasteiger partial charge in [0.2, 0.25) is 0 Å². The molecule has 0 saturated heterocycles. The van der Waals surface area contributed by atoms with Crippen LogP contribution >= 0.6 is 0 Å². The zero-order valence-electron chi connectivity index (χ0n) is 17.7. The third-order valence-corrected chi connectivity index (χ3v) is 2.38. The monoisotopic (exact) mass is 480 g/mol. The summed E-state index contributed by atoms with van der Waals surface area (Å²) in [5, 5.41) is 38.4. The largest absolute Gasteiger partial charge is 4.00 e. The van der Waals surface area contributed by atoms with Gasteiger partial charge in [0.25, 0.3) is 0 Å². The number of carboxylic acid groups (broad SMARTS) is 1. The number of ketones is 1. The van der Waals surface area contributed by atoms with Crippen LogP contribution in [0.1, 0.15) is 60.3 Å². The molecule has 1 atom stereocenters. The zero-order chi connectivity index (χ0) is 22.3. The number of ether oxygens (including phenoxy) is 1. The molecule has 0 aliphatic rings. The number of carboxylic acids is 1. The second-order valence-corrected chi connectivity index (χ2v) is 5.30. The summed E-state index contributed by atoms with van der Waals surface area (Å²) in [7, 11) is 0. The molecule has 9 heteroatoms. The van der Waals surface area contributed by atoms with Gasteiger partial charge in [0.15, 0.2) is 0 Å². The number of aliphatic carboxylic acids is 1. The molecule has 0 N–H and O–H groups in total. The molecule has 162 valence electrons. The van der Waals surface area contributed by atoms with E-state index in [1.165, 1.54) is 6.92 Å². The zero-order valence-corrected chi connectivity index (χ0v) is 20.2. The summed E-state index contributed by atoms with van der Waals surface area (Å²) < 4.78 is 4.65. The van der Waals surface area contributed by atoms with Crippen molar-refractivity contribution >= 4 is 17.7 Å². The maximum Gasteiger partial charge on any atom is 4.00 e. The molecule has 0 amide bonds. The molecule has 0 aromatic rings. The van der Waals surface area contributed by atoms with Crippen LogP contribution in [0.25, 0.3) is 0 Å². The van der Waals surface area contributed by atoms with Crippen LogP contribution in [-0.2, 0) is 45.3 Å². The minimum Gasteiger partial charge on any atom is -0.854 e. The molecular weight excluding hydrogens is 447 g/mol. The van der Waals surface area contributed by atoms with Gasteiger partial charge in [-0.2, -0.15) is 0 Å². The summed E-state index contributed by atoms with van der Waals surface area (Å²) in [5.41, 5.74) is 0.225. The van der Waals surface area contributed by atoms with E-state index in [4.69, 9.17) is 0 Å². The Kier molecular flexibility index (Phi) is 41.6. The van der Waals surface area contributed by atoms with Gasteiger partial charge in [0.1, 0.15) is 5.78 Å². The first-order valence-corrected chi connectivity index (χ1v) is 8.89. The maximum atomic E-state index is 10.9. The number of hydrogen-bond donors (Lipinski definition) is 0. The molecule has 1 unspecified atom stereocenters. The Morgan fingerprint density at radius 3 is 1.39 bits per heavy atom. The van der Waals surface area contributed by atoms with Crippen LogP contribution in [0.2, 0.25) is 0 Å². The van der Waals surface area contributed by atoms with Gasteiger partial charge in [-0.15, -0.1) is 19.8 Å². The van der Waals surface area contributed by atoms with Gasteiger partial charge in [-0.05, 0) is 20.3 Å². The first-order valence-electron chi connectivity index (χ1n) is 8.89. The van der Waals surface area contributed by atoms with Crippen LogP contribution in [0.15, 0.2) is 12.2 Å². The average Bonchev–Trinajstić information content (AvgIpc) is 2.64. The molecule has 0 aromatic carbocycles. The van der Waals surface area contributed by atoms with Gasteiger partial charge >= 0.3 is 32.2 Å². The van der Waals surface area contributed by atoms with Crippen molar-refractivity contribution in [3.8, 4) is 0 Å². The van der Waals surface area contributed by atoms with Crippen molar-refractivity contribution in [1.29, 1.82) is 0 Å². The third-order valence-electron chi connectivity index (χ3n) is 2.38. The van der Waals surface area contributed by atoms with Crippen LogP contribution < -0.4 is 20.4 Å². The average molecular weight is 482 g/mol. The van der Waals surface area contributed by atoms with Crippen molar-refractivity contribution in [2.24, 2.45) is 5.92 Å². The van der Waals surface area contributed by atoms with Crippen LogP contribution in [0.5, 0.6) is 0 Å². The van der Waals surface area contributed by atoms with Gasteiger partial charge in [-0.3, -0.25) is 4.79 Å². The number of rotatable bonds is 9. The van der Waals surface area contributed by atoms with Crippen molar-refractivity contribution in [2.75, 3.05) is 26.4 Å². The van der Waals surface area contributed by atoms with Gasteiger partial charge in [0, 0.05) is 5.57 Å². The quantitative estimate of drug-likeness (QED) is 0.224. The van der Waals surface area contributed by atoms with Crippen LogP contribution in [-0.4, -0.2) is 44.1 Å². The maximum absolute atomic E-state index is 10.9. The van der Waals surface area contributed by atoms with Crippen LogP contribution in [0, 0.1) is 5.92 Å². The van der Waals surface area contributed by atoms with E-state index in [1.807, 2.05) is 20.8 Å². The van der Waals surface area contributed by atoms with Gasteiger partial charge in [0.05, 0.1) is 18.5 Å². The molecule has 0 spiro atoms. The van der Waals surface area contributed by atoms with E-state index in [0.717, 1.165) is 26.2 Å². The van der Waals surface area contributed by atoms with Crippen LogP contribution in [0.3, 0.4) is 0 Å². The summed E-state index contributed by atoms with van der Waals surface area (Å²) in [5.74, 6) is -3.78. The first-order chi connectivity index (χ1) is 12.6. The fourth-order valence-corrected chi connectivity index (χ4v) is 0.880. The molecule has 0 rings (SSSR count). The van der Waals surface area contributed by atoms with Gasteiger partial charge in [-0.25, -0.2) is 4.79 Å². The molecule has 0 aliphatic carbocycles. The Labute approximate surface area is 188 Å². The SMILES string of the molecule is C=C(C)C(=O)OCCC(C(C)=O)C(=O)[O-].CCC[O-].CCC[O-].CCC[O-].[Zr+4]. The smallest absolute Gasteiger partial charge is 0.854 e. The van der Waals surface area contributed by atoms with Crippen molar-refractivity contribution in [2.45, 2.75) is 60.3 Å². The van der Waals surface area contributed by atoms with E-state index in [9.17, 15) is 34.8 Å². The van der Waals surface area contributed by atoms with Crippen LogP contribution in [0.4, 0.5) is 0 Å². The Bertz CT molecular complexity index is 357. The summed E-state index contributed by atoms with van der Waals surface area (Å²) in [6.07, 6.45) is 2.22. The number of hydrogen-bond acceptors (Lipinski definition) is 8. The van der Waals surface area contributed by atoms with Crippen molar-refractivity contribution in [3.63, 3.8) is 0 Å². The third kappa shape index (κ3) is 36.1. The normalized spacial score (nSPS) is 9.43. The van der Waals surface area contributed by atoms with E-state index >= 15 is 0 Å². The summed E-state index contributed by atoms with van der Waals surface area (Å²) in [6.45, 7) is 11.7. The molecule has 8 nitrogen and oxygen atoms in total. The summed E-state index contributed by atoms with van der Waals surface area (Å²) in [4.78, 5) is 32.2. The Morgan fingerprint density at radius 1 is 0.893 bits per heavy atom. The van der Waals surface area contributed by atoms with Crippen molar-refractivity contribution in [1.82, 2.24) is 0 Å². The molecule has 28 heavy (non-hydrogen) atoms. The number of carbonyl (C=O) groups excluding carboxylic acids is 3. The van der Waals surface area contributed by atoms with E-state index in [2.05, 4.69) is 11.3 Å². The molecule has 0 bridgehead atoms. The second-order valence-electron chi connectivity index (χ2n) is 5.30. The number of Topliss-reactive ketones (excluding diaryl/α,β-unsaturated/α-hetero) is 1. The van der Waals surface area contributed by atoms with Crippen molar-refractivity contribution in [3.05, 3.63) is 12.2 Å². The Morgan fingerprint density at radius 2 is 1.21 bits per heavy atom. The van der Waals surface area contributed by atoms with Gasteiger partial charge < -0.3 is 30.0 Å². The van der Waals surface area contributed by atoms with Gasteiger partial charge in [-0.1, -0.05) is 46.6 Å². The van der Waals surface area contributed by atoms with Crippen molar-refractivity contribution < 1.29 is 65.7 Å². The molecule has 0 radical (unpaired) electrons. The van der Waals surface area contributed by atoms with E-state index in [-0.39, 0.29) is 64.6 Å². The molecule has 0 saturated carbocycles. The summed E-state index contributed by atoms with van der Waals surface area (Å²) >= 11 is 0.